The number of esters is 1. The Kier molecular flexibility index (Phi) is 5.53. The smallest absolute Gasteiger partial charge is 0.339 e. The number of hydrogen-bond donors (Lipinski definition) is 0. The zero-order valence-corrected chi connectivity index (χ0v) is 18.1. The van der Waals surface area contributed by atoms with Crippen LogP contribution in [0, 0.1) is 0 Å². The molecule has 10 heteroatoms. The Bertz CT molecular complexity index is 1320. The number of sulfone groups is 1. The van der Waals surface area contributed by atoms with Gasteiger partial charge in [-0.15, -0.1) is 0 Å². The zero-order valence-electron chi connectivity index (χ0n) is 16.6. The van der Waals surface area contributed by atoms with Gasteiger partial charge in [-0.05, 0) is 49.4 Å². The van der Waals surface area contributed by atoms with Gasteiger partial charge in [0.15, 0.2) is 5.03 Å². The number of aromatic nitrogens is 1. The van der Waals surface area contributed by atoms with Gasteiger partial charge in [-0.3, -0.25) is 9.59 Å². The minimum atomic E-state index is -4.15. The van der Waals surface area contributed by atoms with Crippen LogP contribution in [0.5, 0.6) is 0 Å². The van der Waals surface area contributed by atoms with Gasteiger partial charge in [0.2, 0.25) is 15.3 Å². The molecule has 1 aromatic heterocycles. The first-order valence-electron chi connectivity index (χ1n) is 9.34. The van der Waals surface area contributed by atoms with Crippen LogP contribution in [0.2, 0.25) is 5.02 Å². The third kappa shape index (κ3) is 3.76. The van der Waals surface area contributed by atoms with E-state index >= 15 is 0 Å². The molecule has 0 bridgehead atoms. The summed E-state index contributed by atoms with van der Waals surface area (Å²) in [6, 6.07) is 14.7. The number of carbonyl (C=O) groups is 3. The van der Waals surface area contributed by atoms with Crippen LogP contribution in [0.3, 0.4) is 0 Å². The molecule has 3 aromatic rings. The molecule has 0 saturated heterocycles. The Morgan fingerprint density at radius 1 is 1.00 bits per heavy atom. The number of amides is 2. The number of imide groups is 1. The normalized spacial score (nSPS) is 14.2. The lowest BCUT2D eigenvalue weighted by Gasteiger charge is -2.16. The van der Waals surface area contributed by atoms with Crippen LogP contribution in [-0.2, 0) is 14.6 Å². The number of nitrogens with zero attached hydrogens (tertiary/aromatic N) is 2. The van der Waals surface area contributed by atoms with Crippen molar-refractivity contribution in [3.8, 4) is 0 Å². The lowest BCUT2D eigenvalue weighted by atomic mass is 10.1. The molecule has 4 rings (SSSR count). The number of ether oxygens (including phenoxy) is 1. The third-order valence-corrected chi connectivity index (χ3v) is 6.86. The number of anilines is 1. The van der Waals surface area contributed by atoms with E-state index in [9.17, 15) is 22.8 Å². The van der Waals surface area contributed by atoms with E-state index in [0.29, 0.717) is 5.02 Å². The predicted molar refractivity (Wildman–Crippen MR) is 115 cm³/mol. The standard InChI is InChI=1S/C22H15ClN2O6S/c1-13(31-22(28)14-5-4-6-15(23)11-14)32(29,30)19-10-9-16(12-24-19)25-20(26)17-7-2-3-8-18(17)21(25)27/h2-13H,1H3. The van der Waals surface area contributed by atoms with Crippen molar-refractivity contribution in [2.75, 3.05) is 4.90 Å². The number of carbonyl (C=O) groups excluding carboxylic acids is 3. The molecule has 0 fully saturated rings. The number of hydrogen-bond acceptors (Lipinski definition) is 7. The number of pyridine rings is 1. The number of benzene rings is 2. The van der Waals surface area contributed by atoms with Crippen LogP contribution in [0.15, 0.2) is 71.9 Å². The van der Waals surface area contributed by atoms with E-state index in [1.807, 2.05) is 0 Å². The van der Waals surface area contributed by atoms with Crippen LogP contribution in [0.1, 0.15) is 38.0 Å². The van der Waals surface area contributed by atoms with E-state index < -0.39 is 33.1 Å². The van der Waals surface area contributed by atoms with Crippen molar-refractivity contribution >= 4 is 44.9 Å². The summed E-state index contributed by atoms with van der Waals surface area (Å²) in [5.41, 5.74) is -0.787. The van der Waals surface area contributed by atoms with Crippen LogP contribution < -0.4 is 4.90 Å². The van der Waals surface area contributed by atoms with Gasteiger partial charge in [-0.1, -0.05) is 29.8 Å². The highest BCUT2D eigenvalue weighted by Crippen LogP contribution is 2.28. The van der Waals surface area contributed by atoms with Crippen LogP contribution in [0.4, 0.5) is 5.69 Å². The third-order valence-electron chi connectivity index (χ3n) is 4.83. The van der Waals surface area contributed by atoms with Crippen molar-refractivity contribution in [3.63, 3.8) is 0 Å². The molecule has 0 radical (unpaired) electrons. The molecular weight excluding hydrogens is 456 g/mol. The van der Waals surface area contributed by atoms with Crippen molar-refractivity contribution in [1.29, 1.82) is 0 Å². The molecule has 0 saturated carbocycles. The molecular formula is C22H15ClN2O6S. The van der Waals surface area contributed by atoms with E-state index in [2.05, 4.69) is 4.98 Å². The fourth-order valence-corrected chi connectivity index (χ4v) is 4.37. The topological polar surface area (TPSA) is 111 Å². The molecule has 2 aromatic carbocycles. The van der Waals surface area contributed by atoms with E-state index in [1.165, 1.54) is 43.3 Å². The zero-order chi connectivity index (χ0) is 23.0. The average molecular weight is 471 g/mol. The largest absolute Gasteiger partial charge is 0.442 e. The van der Waals surface area contributed by atoms with Gasteiger partial charge in [0.1, 0.15) is 0 Å². The molecule has 1 aliphatic rings. The van der Waals surface area contributed by atoms with Crippen molar-refractivity contribution in [2.24, 2.45) is 0 Å². The molecule has 2 heterocycles. The summed E-state index contributed by atoms with van der Waals surface area (Å²) in [5, 5.41) is -0.0652. The van der Waals surface area contributed by atoms with Gasteiger partial charge >= 0.3 is 5.97 Å². The summed E-state index contributed by atoms with van der Waals surface area (Å²) in [5.74, 6) is -1.90. The fourth-order valence-electron chi connectivity index (χ4n) is 3.16. The first-order chi connectivity index (χ1) is 15.2. The molecule has 0 N–H and O–H groups in total. The Morgan fingerprint density at radius 2 is 1.66 bits per heavy atom. The SMILES string of the molecule is CC(OC(=O)c1cccc(Cl)c1)S(=O)(=O)c1ccc(N2C(=O)c3ccccc3C2=O)cn1. The van der Waals surface area contributed by atoms with Crippen molar-refractivity contribution < 1.29 is 27.5 Å². The molecule has 1 aliphatic heterocycles. The van der Waals surface area contributed by atoms with E-state index in [0.717, 1.165) is 17.2 Å². The van der Waals surface area contributed by atoms with Crippen molar-refractivity contribution in [3.05, 3.63) is 88.6 Å². The van der Waals surface area contributed by atoms with Crippen LogP contribution in [-0.4, -0.2) is 36.6 Å². The van der Waals surface area contributed by atoms with Gasteiger partial charge < -0.3 is 4.74 Å². The second-order valence-electron chi connectivity index (χ2n) is 6.87. The predicted octanol–water partition coefficient (Wildman–Crippen LogP) is 3.51. The molecule has 0 spiro atoms. The summed E-state index contributed by atoms with van der Waals surface area (Å²) >= 11 is 5.84. The number of rotatable bonds is 5. The van der Waals surface area contributed by atoms with Gasteiger partial charge in [-0.25, -0.2) is 23.1 Å². The Hall–Kier alpha value is -3.56. The molecule has 2 amide bonds. The molecule has 1 unspecified atom stereocenters. The lowest BCUT2D eigenvalue weighted by Crippen LogP contribution is -2.30. The van der Waals surface area contributed by atoms with Gasteiger partial charge in [0.25, 0.3) is 11.8 Å². The maximum atomic E-state index is 12.8. The highest BCUT2D eigenvalue weighted by molar-refractivity contribution is 7.91. The molecule has 8 nitrogen and oxygen atoms in total. The first kappa shape index (κ1) is 21.7. The van der Waals surface area contributed by atoms with Gasteiger partial charge in [0, 0.05) is 5.02 Å². The Balaban J connectivity index is 1.54. The monoisotopic (exact) mass is 470 g/mol. The van der Waals surface area contributed by atoms with Crippen molar-refractivity contribution in [1.82, 2.24) is 4.98 Å². The van der Waals surface area contributed by atoms with Crippen LogP contribution >= 0.6 is 11.6 Å². The summed E-state index contributed by atoms with van der Waals surface area (Å²) in [6.07, 6.45) is 1.11. The highest BCUT2D eigenvalue weighted by atomic mass is 35.5. The maximum Gasteiger partial charge on any atom is 0.339 e. The molecule has 32 heavy (non-hydrogen) atoms. The quantitative estimate of drug-likeness (QED) is 0.414. The van der Waals surface area contributed by atoms with E-state index in [4.69, 9.17) is 16.3 Å². The minimum Gasteiger partial charge on any atom is -0.442 e. The molecule has 162 valence electrons. The van der Waals surface area contributed by atoms with E-state index in [1.54, 1.807) is 18.2 Å². The van der Waals surface area contributed by atoms with Crippen molar-refractivity contribution in [2.45, 2.75) is 17.4 Å². The fraction of sp³-hybridized carbons (Fsp3) is 0.0909. The highest BCUT2D eigenvalue weighted by Gasteiger charge is 2.37. The molecule has 1 atom stereocenters. The lowest BCUT2D eigenvalue weighted by molar-refractivity contribution is 0.0467. The second-order valence-corrected chi connectivity index (χ2v) is 9.48. The first-order valence-corrected chi connectivity index (χ1v) is 11.3. The second kappa shape index (κ2) is 8.18. The number of halogens is 1. The van der Waals surface area contributed by atoms with Gasteiger partial charge in [-0.2, -0.15) is 0 Å². The Labute approximate surface area is 188 Å². The summed E-state index contributed by atoms with van der Waals surface area (Å²) < 4.78 is 30.7. The number of fused-ring (bicyclic) bond motifs is 1. The van der Waals surface area contributed by atoms with Gasteiger partial charge in [0.05, 0.1) is 28.6 Å². The molecule has 0 aliphatic carbocycles. The van der Waals surface area contributed by atoms with E-state index in [-0.39, 0.29) is 27.4 Å². The summed E-state index contributed by atoms with van der Waals surface area (Å²) in [7, 11) is -4.15. The summed E-state index contributed by atoms with van der Waals surface area (Å²) in [4.78, 5) is 42.2. The summed E-state index contributed by atoms with van der Waals surface area (Å²) in [6.45, 7) is 1.21. The maximum absolute atomic E-state index is 12.8. The average Bonchev–Trinajstić information content (AvgIpc) is 3.04. The minimum absolute atomic E-state index is 0.105. The Morgan fingerprint density at radius 3 is 2.22 bits per heavy atom. The van der Waals surface area contributed by atoms with Crippen LogP contribution in [0.25, 0.3) is 0 Å².